The number of aromatic nitrogens is 2. The van der Waals surface area contributed by atoms with Gasteiger partial charge in [0.2, 0.25) is 5.13 Å². The minimum absolute atomic E-state index is 0.135. The Hall–Kier alpha value is -2.02. The van der Waals surface area contributed by atoms with E-state index in [9.17, 15) is 5.11 Å². The van der Waals surface area contributed by atoms with Gasteiger partial charge in [0.15, 0.2) is 0 Å². The van der Waals surface area contributed by atoms with Gasteiger partial charge in [-0.25, -0.2) is 4.98 Å². The van der Waals surface area contributed by atoms with Crippen LogP contribution in [0.5, 0.6) is 5.75 Å². The van der Waals surface area contributed by atoms with E-state index in [4.69, 9.17) is 0 Å². The fourth-order valence-electron chi connectivity index (χ4n) is 2.28. The van der Waals surface area contributed by atoms with E-state index in [1.807, 2.05) is 13.0 Å². The van der Waals surface area contributed by atoms with Crippen molar-refractivity contribution in [1.82, 2.24) is 9.36 Å². The number of azo groups is 1. The number of rotatable bonds is 9. The molecule has 0 aliphatic rings. The van der Waals surface area contributed by atoms with Crippen molar-refractivity contribution in [3.63, 3.8) is 0 Å². The number of phenolic OH excluding ortho intramolecular Hbond substituents is 1. The lowest BCUT2D eigenvalue weighted by atomic mass is 10.2. The molecule has 2 aromatic rings. The molecule has 0 amide bonds. The van der Waals surface area contributed by atoms with E-state index in [2.05, 4.69) is 38.3 Å². The quantitative estimate of drug-likeness (QED) is 0.618. The molecular weight excluding hydrogens is 322 g/mol. The molecule has 6 nitrogen and oxygen atoms in total. The summed E-state index contributed by atoms with van der Waals surface area (Å²) in [7, 11) is 0. The third-order valence-electron chi connectivity index (χ3n) is 3.65. The zero-order valence-corrected chi connectivity index (χ0v) is 15.4. The van der Waals surface area contributed by atoms with Crippen molar-refractivity contribution in [3.05, 3.63) is 24.0 Å². The number of unbranched alkanes of at least 4 members (excludes halogenated alkanes) is 2. The number of aryl methyl sites for hydroxylation is 1. The van der Waals surface area contributed by atoms with Crippen LogP contribution in [0.4, 0.5) is 16.5 Å². The minimum atomic E-state index is 0.135. The van der Waals surface area contributed by atoms with E-state index < -0.39 is 0 Å². The Morgan fingerprint density at radius 2 is 1.83 bits per heavy atom. The molecule has 0 saturated carbocycles. The summed E-state index contributed by atoms with van der Waals surface area (Å²) in [5.41, 5.74) is 1.47. The van der Waals surface area contributed by atoms with Crippen LogP contribution in [0, 0.1) is 6.92 Å². The SMILES string of the molecule is CCCCN(CCCC)c1ccc(N=Nc2nc(C)ns2)c(O)c1. The number of hydrogen-bond donors (Lipinski definition) is 1. The molecular formula is C17H25N5OS. The predicted octanol–water partition coefficient (Wildman–Crippen LogP) is 5.37. The smallest absolute Gasteiger partial charge is 0.249 e. The lowest BCUT2D eigenvalue weighted by molar-refractivity contribution is 0.476. The van der Waals surface area contributed by atoms with Gasteiger partial charge in [-0.05, 0) is 31.9 Å². The van der Waals surface area contributed by atoms with Gasteiger partial charge >= 0.3 is 0 Å². The maximum atomic E-state index is 10.3. The second kappa shape index (κ2) is 9.32. The van der Waals surface area contributed by atoms with Crippen molar-refractivity contribution in [2.45, 2.75) is 46.5 Å². The molecule has 130 valence electrons. The second-order valence-electron chi connectivity index (χ2n) is 5.69. The average Bonchev–Trinajstić information content (AvgIpc) is 2.99. The molecule has 1 N–H and O–H groups in total. The van der Waals surface area contributed by atoms with Gasteiger partial charge in [0, 0.05) is 36.4 Å². The third kappa shape index (κ3) is 5.26. The number of hydrogen-bond acceptors (Lipinski definition) is 7. The summed E-state index contributed by atoms with van der Waals surface area (Å²) in [5, 5.41) is 18.9. The third-order valence-corrected chi connectivity index (χ3v) is 4.34. The van der Waals surface area contributed by atoms with Crippen LogP contribution in [0.15, 0.2) is 28.4 Å². The molecule has 0 fully saturated rings. The van der Waals surface area contributed by atoms with Crippen molar-refractivity contribution in [3.8, 4) is 5.75 Å². The maximum Gasteiger partial charge on any atom is 0.249 e. The Morgan fingerprint density at radius 1 is 1.12 bits per heavy atom. The molecule has 1 heterocycles. The summed E-state index contributed by atoms with van der Waals surface area (Å²) in [6.45, 7) is 8.19. The van der Waals surface area contributed by atoms with Crippen LogP contribution in [-0.4, -0.2) is 27.6 Å². The zero-order chi connectivity index (χ0) is 17.4. The van der Waals surface area contributed by atoms with Crippen molar-refractivity contribution < 1.29 is 5.11 Å². The Balaban J connectivity index is 2.12. The van der Waals surface area contributed by atoms with E-state index in [0.717, 1.165) is 44.5 Å². The largest absolute Gasteiger partial charge is 0.506 e. The summed E-state index contributed by atoms with van der Waals surface area (Å²) < 4.78 is 4.05. The molecule has 0 saturated heterocycles. The molecule has 0 bridgehead atoms. The van der Waals surface area contributed by atoms with Crippen LogP contribution >= 0.6 is 11.5 Å². The van der Waals surface area contributed by atoms with Crippen molar-refractivity contribution >= 4 is 28.0 Å². The molecule has 0 radical (unpaired) electrons. The molecule has 7 heteroatoms. The summed E-state index contributed by atoms with van der Waals surface area (Å²) in [4.78, 5) is 6.45. The highest BCUT2D eigenvalue weighted by Crippen LogP contribution is 2.32. The summed E-state index contributed by atoms with van der Waals surface area (Å²) in [6.07, 6.45) is 4.59. The maximum absolute atomic E-state index is 10.3. The van der Waals surface area contributed by atoms with E-state index in [1.165, 1.54) is 11.5 Å². The minimum Gasteiger partial charge on any atom is -0.506 e. The lowest BCUT2D eigenvalue weighted by Crippen LogP contribution is -2.25. The normalized spacial score (nSPS) is 11.3. The van der Waals surface area contributed by atoms with Crippen LogP contribution in [-0.2, 0) is 0 Å². The van der Waals surface area contributed by atoms with Gasteiger partial charge in [0.1, 0.15) is 17.3 Å². The molecule has 0 unspecified atom stereocenters. The van der Waals surface area contributed by atoms with Gasteiger partial charge in [-0.2, -0.15) is 4.37 Å². The van der Waals surface area contributed by atoms with E-state index in [-0.39, 0.29) is 5.75 Å². The zero-order valence-electron chi connectivity index (χ0n) is 14.6. The van der Waals surface area contributed by atoms with Crippen LogP contribution in [0.1, 0.15) is 45.4 Å². The molecule has 2 rings (SSSR count). The van der Waals surface area contributed by atoms with Crippen molar-refractivity contribution in [2.75, 3.05) is 18.0 Å². The van der Waals surface area contributed by atoms with Crippen molar-refractivity contribution in [1.29, 1.82) is 0 Å². The highest BCUT2D eigenvalue weighted by atomic mass is 32.1. The Kier molecular flexibility index (Phi) is 7.11. The van der Waals surface area contributed by atoms with E-state index >= 15 is 0 Å². The first kappa shape index (κ1) is 18.3. The molecule has 0 atom stereocenters. The Labute approximate surface area is 147 Å². The van der Waals surface area contributed by atoms with Gasteiger partial charge in [-0.1, -0.05) is 26.7 Å². The molecule has 1 aromatic heterocycles. The highest BCUT2D eigenvalue weighted by Gasteiger charge is 2.09. The first-order chi connectivity index (χ1) is 11.6. The van der Waals surface area contributed by atoms with E-state index in [1.54, 1.807) is 12.1 Å². The fourth-order valence-corrected chi connectivity index (χ4v) is 2.79. The van der Waals surface area contributed by atoms with Gasteiger partial charge < -0.3 is 10.0 Å². The molecule has 0 aliphatic carbocycles. The lowest BCUT2D eigenvalue weighted by Gasteiger charge is -2.25. The Morgan fingerprint density at radius 3 is 2.38 bits per heavy atom. The van der Waals surface area contributed by atoms with Gasteiger partial charge in [0.05, 0.1) is 0 Å². The number of aromatic hydroxyl groups is 1. The van der Waals surface area contributed by atoms with Gasteiger partial charge in [-0.3, -0.25) is 0 Å². The van der Waals surface area contributed by atoms with Crippen LogP contribution < -0.4 is 4.90 Å². The predicted molar refractivity (Wildman–Crippen MR) is 99.0 cm³/mol. The van der Waals surface area contributed by atoms with E-state index in [0.29, 0.717) is 16.6 Å². The fraction of sp³-hybridized carbons (Fsp3) is 0.529. The number of nitrogens with zero attached hydrogens (tertiary/aromatic N) is 5. The summed E-state index contributed by atoms with van der Waals surface area (Å²) in [6, 6.07) is 5.56. The molecule has 0 spiro atoms. The Bertz CT molecular complexity index is 663. The monoisotopic (exact) mass is 347 g/mol. The van der Waals surface area contributed by atoms with Gasteiger partial charge in [-0.15, -0.1) is 10.2 Å². The average molecular weight is 347 g/mol. The first-order valence-corrected chi connectivity index (χ1v) is 9.21. The van der Waals surface area contributed by atoms with Crippen LogP contribution in [0.2, 0.25) is 0 Å². The summed E-state index contributed by atoms with van der Waals surface area (Å²) in [5.74, 6) is 0.812. The number of phenols is 1. The van der Waals surface area contributed by atoms with Crippen LogP contribution in [0.3, 0.4) is 0 Å². The first-order valence-electron chi connectivity index (χ1n) is 8.44. The molecule has 24 heavy (non-hydrogen) atoms. The van der Waals surface area contributed by atoms with Crippen LogP contribution in [0.25, 0.3) is 0 Å². The number of benzene rings is 1. The van der Waals surface area contributed by atoms with Crippen molar-refractivity contribution in [2.24, 2.45) is 10.2 Å². The van der Waals surface area contributed by atoms with Gasteiger partial charge in [0.25, 0.3) is 0 Å². The molecule has 1 aromatic carbocycles. The second-order valence-corrected chi connectivity index (χ2v) is 6.42. The topological polar surface area (TPSA) is 74.0 Å². The highest BCUT2D eigenvalue weighted by molar-refractivity contribution is 7.09. The number of anilines is 1. The molecule has 0 aliphatic heterocycles. The standard InChI is InChI=1S/C17H25N5OS/c1-4-6-10-22(11-7-5-2)14-8-9-15(16(23)12-14)19-20-17-18-13(3)21-24-17/h8-9,12,23H,4-7,10-11H2,1-3H3. The summed E-state index contributed by atoms with van der Waals surface area (Å²) >= 11 is 1.19.